The molecule has 140 valence electrons. The minimum absolute atomic E-state index is 0.00185. The van der Waals surface area contributed by atoms with Crippen LogP contribution in [0.4, 0.5) is 5.69 Å². The first kappa shape index (κ1) is 17.3. The van der Waals surface area contributed by atoms with Gasteiger partial charge < -0.3 is 14.8 Å². The molecule has 0 aromatic heterocycles. The van der Waals surface area contributed by atoms with Crippen molar-refractivity contribution in [2.24, 2.45) is 0 Å². The van der Waals surface area contributed by atoms with Gasteiger partial charge in [-0.15, -0.1) is 0 Å². The van der Waals surface area contributed by atoms with E-state index in [2.05, 4.69) is 10.2 Å². The Morgan fingerprint density at radius 3 is 2.88 bits per heavy atom. The molecule has 1 aromatic rings. The lowest BCUT2D eigenvalue weighted by atomic mass is 10.1. The van der Waals surface area contributed by atoms with Crippen LogP contribution in [0.5, 0.6) is 5.75 Å². The zero-order valence-electron chi connectivity index (χ0n) is 15.1. The number of anilines is 1. The number of amides is 2. The molecule has 1 aromatic carbocycles. The summed E-state index contributed by atoms with van der Waals surface area (Å²) in [7, 11) is 0. The minimum Gasteiger partial charge on any atom is -0.482 e. The van der Waals surface area contributed by atoms with Gasteiger partial charge in [0.15, 0.2) is 6.61 Å². The first-order valence-electron chi connectivity index (χ1n) is 9.27. The third kappa shape index (κ3) is 3.41. The van der Waals surface area contributed by atoms with E-state index in [0.717, 1.165) is 18.7 Å². The zero-order chi connectivity index (χ0) is 18.1. The fourth-order valence-corrected chi connectivity index (χ4v) is 4.00. The molecule has 4 rings (SSSR count). The third-order valence-electron chi connectivity index (χ3n) is 5.37. The van der Waals surface area contributed by atoms with Crippen LogP contribution in [0.1, 0.15) is 18.4 Å². The van der Waals surface area contributed by atoms with Gasteiger partial charge in [-0.2, -0.15) is 0 Å². The lowest BCUT2D eigenvalue weighted by molar-refractivity contribution is -0.125. The smallest absolute Gasteiger partial charge is 0.265 e. The van der Waals surface area contributed by atoms with Gasteiger partial charge in [-0.3, -0.25) is 19.4 Å². The number of rotatable bonds is 4. The van der Waals surface area contributed by atoms with Crippen LogP contribution in [-0.2, 0) is 14.3 Å². The molecule has 2 saturated heterocycles. The minimum atomic E-state index is -0.197. The van der Waals surface area contributed by atoms with Crippen LogP contribution in [0.25, 0.3) is 0 Å². The Morgan fingerprint density at radius 2 is 2.08 bits per heavy atom. The molecule has 0 saturated carbocycles. The van der Waals surface area contributed by atoms with Gasteiger partial charge in [0.05, 0.1) is 31.0 Å². The largest absolute Gasteiger partial charge is 0.482 e. The second kappa shape index (κ2) is 7.25. The van der Waals surface area contributed by atoms with Gasteiger partial charge in [-0.05, 0) is 50.6 Å². The average molecular weight is 359 g/mol. The van der Waals surface area contributed by atoms with Crippen molar-refractivity contribution in [2.75, 3.05) is 44.4 Å². The predicted molar refractivity (Wildman–Crippen MR) is 96.4 cm³/mol. The normalized spacial score (nSPS) is 25.9. The lowest BCUT2D eigenvalue weighted by Crippen LogP contribution is -2.53. The highest BCUT2D eigenvalue weighted by Gasteiger charge is 2.36. The Morgan fingerprint density at radius 1 is 1.27 bits per heavy atom. The molecule has 26 heavy (non-hydrogen) atoms. The summed E-state index contributed by atoms with van der Waals surface area (Å²) in [6.07, 6.45) is 2.41. The number of fused-ring (bicyclic) bond motifs is 1. The Bertz CT molecular complexity index is 702. The van der Waals surface area contributed by atoms with Gasteiger partial charge in [-0.25, -0.2) is 0 Å². The molecular weight excluding hydrogens is 334 g/mol. The number of ether oxygens (including phenoxy) is 2. The SMILES string of the molecule is Cc1ccc2c(c1)N(CC(=O)N[C@H]1COC[C@@H]1N1CCCC1)C(=O)CO2. The highest BCUT2D eigenvalue weighted by Crippen LogP contribution is 2.32. The van der Waals surface area contributed by atoms with Crippen LogP contribution in [0.15, 0.2) is 18.2 Å². The molecule has 3 aliphatic heterocycles. The van der Waals surface area contributed by atoms with Crippen molar-refractivity contribution in [3.05, 3.63) is 23.8 Å². The summed E-state index contributed by atoms with van der Waals surface area (Å²) in [6.45, 7) is 5.23. The maximum Gasteiger partial charge on any atom is 0.265 e. The average Bonchev–Trinajstić information content (AvgIpc) is 3.29. The van der Waals surface area contributed by atoms with E-state index in [1.165, 1.54) is 17.7 Å². The van der Waals surface area contributed by atoms with Crippen LogP contribution >= 0.6 is 0 Å². The molecule has 7 nitrogen and oxygen atoms in total. The number of aryl methyl sites for hydroxylation is 1. The molecule has 2 atom stereocenters. The molecule has 1 N–H and O–H groups in total. The van der Waals surface area contributed by atoms with E-state index in [9.17, 15) is 9.59 Å². The summed E-state index contributed by atoms with van der Waals surface area (Å²) in [5.74, 6) is 0.284. The monoisotopic (exact) mass is 359 g/mol. The van der Waals surface area contributed by atoms with E-state index in [0.29, 0.717) is 24.7 Å². The van der Waals surface area contributed by atoms with Crippen molar-refractivity contribution in [1.82, 2.24) is 10.2 Å². The van der Waals surface area contributed by atoms with Crippen molar-refractivity contribution in [2.45, 2.75) is 31.8 Å². The van der Waals surface area contributed by atoms with Gasteiger partial charge in [0.1, 0.15) is 12.3 Å². The fourth-order valence-electron chi connectivity index (χ4n) is 4.00. The van der Waals surface area contributed by atoms with Crippen LogP contribution < -0.4 is 15.0 Å². The molecule has 0 unspecified atom stereocenters. The summed E-state index contributed by atoms with van der Waals surface area (Å²) >= 11 is 0. The summed E-state index contributed by atoms with van der Waals surface area (Å²) in [5.41, 5.74) is 1.68. The number of nitrogens with one attached hydrogen (secondary N) is 1. The number of hydrogen-bond acceptors (Lipinski definition) is 5. The predicted octanol–water partition coefficient (Wildman–Crippen LogP) is 0.700. The molecule has 2 amide bonds. The fraction of sp³-hybridized carbons (Fsp3) is 0.579. The standard InChI is InChI=1S/C19H25N3O4/c1-13-4-5-17-15(8-13)22(19(24)12-26-17)9-18(23)20-14-10-25-11-16(14)21-6-2-3-7-21/h4-5,8,14,16H,2-3,6-7,9-12H2,1H3,(H,20,23)/t14-,16-/m0/s1. The molecule has 0 radical (unpaired) electrons. The van der Waals surface area contributed by atoms with Gasteiger partial charge in [-0.1, -0.05) is 6.07 Å². The van der Waals surface area contributed by atoms with Crippen molar-refractivity contribution >= 4 is 17.5 Å². The van der Waals surface area contributed by atoms with Crippen LogP contribution in [0.3, 0.4) is 0 Å². The Balaban J connectivity index is 1.43. The second-order valence-electron chi connectivity index (χ2n) is 7.26. The lowest BCUT2D eigenvalue weighted by Gasteiger charge is -2.31. The van der Waals surface area contributed by atoms with Crippen molar-refractivity contribution in [3.8, 4) is 5.75 Å². The summed E-state index contributed by atoms with van der Waals surface area (Å²) in [6, 6.07) is 5.87. The quantitative estimate of drug-likeness (QED) is 0.857. The number of nitrogens with zero attached hydrogens (tertiary/aromatic N) is 2. The van der Waals surface area contributed by atoms with Gasteiger partial charge in [0, 0.05) is 0 Å². The van der Waals surface area contributed by atoms with Crippen molar-refractivity contribution in [1.29, 1.82) is 0 Å². The molecule has 0 spiro atoms. The molecule has 0 bridgehead atoms. The van der Waals surface area contributed by atoms with Crippen molar-refractivity contribution < 1.29 is 19.1 Å². The first-order chi connectivity index (χ1) is 12.6. The van der Waals surface area contributed by atoms with E-state index in [-0.39, 0.29) is 37.0 Å². The summed E-state index contributed by atoms with van der Waals surface area (Å²) in [4.78, 5) is 28.9. The maximum atomic E-state index is 12.6. The Labute approximate surface area is 153 Å². The third-order valence-corrected chi connectivity index (χ3v) is 5.37. The molecule has 2 fully saturated rings. The molecular formula is C19H25N3O4. The van der Waals surface area contributed by atoms with Crippen LogP contribution in [-0.4, -0.2) is 68.3 Å². The van der Waals surface area contributed by atoms with E-state index in [1.807, 2.05) is 25.1 Å². The zero-order valence-corrected chi connectivity index (χ0v) is 15.1. The Hall–Kier alpha value is -2.12. The van der Waals surface area contributed by atoms with Crippen LogP contribution in [0.2, 0.25) is 0 Å². The molecule has 3 aliphatic rings. The number of hydrogen-bond donors (Lipinski definition) is 1. The first-order valence-corrected chi connectivity index (χ1v) is 9.27. The van der Waals surface area contributed by atoms with E-state index in [4.69, 9.17) is 9.47 Å². The van der Waals surface area contributed by atoms with E-state index >= 15 is 0 Å². The number of benzene rings is 1. The molecule has 7 heteroatoms. The van der Waals surface area contributed by atoms with Crippen LogP contribution in [0, 0.1) is 6.92 Å². The summed E-state index contributed by atoms with van der Waals surface area (Å²) in [5, 5.41) is 3.08. The molecule has 3 heterocycles. The topological polar surface area (TPSA) is 71.1 Å². The number of carbonyl (C=O) groups is 2. The van der Waals surface area contributed by atoms with E-state index in [1.54, 1.807) is 0 Å². The highest BCUT2D eigenvalue weighted by atomic mass is 16.5. The van der Waals surface area contributed by atoms with E-state index < -0.39 is 0 Å². The number of likely N-dealkylation sites (tertiary alicyclic amines) is 1. The highest BCUT2D eigenvalue weighted by molar-refractivity contribution is 6.02. The van der Waals surface area contributed by atoms with Gasteiger partial charge in [0.25, 0.3) is 5.91 Å². The van der Waals surface area contributed by atoms with Gasteiger partial charge >= 0.3 is 0 Å². The number of carbonyl (C=O) groups excluding carboxylic acids is 2. The molecule has 0 aliphatic carbocycles. The Kier molecular flexibility index (Phi) is 4.82. The second-order valence-corrected chi connectivity index (χ2v) is 7.26. The van der Waals surface area contributed by atoms with Crippen molar-refractivity contribution in [3.63, 3.8) is 0 Å². The summed E-state index contributed by atoms with van der Waals surface area (Å²) < 4.78 is 11.1. The van der Waals surface area contributed by atoms with Gasteiger partial charge in [0.2, 0.25) is 5.91 Å². The maximum absolute atomic E-state index is 12.6.